The highest BCUT2D eigenvalue weighted by molar-refractivity contribution is 7.09. The monoisotopic (exact) mass is 252 g/mol. The van der Waals surface area contributed by atoms with Crippen LogP contribution in [0.5, 0.6) is 0 Å². The smallest absolute Gasteiger partial charge is 0.0334 e. The zero-order valence-corrected chi connectivity index (χ0v) is 12.2. The highest BCUT2D eigenvalue weighted by Crippen LogP contribution is 2.24. The predicted molar refractivity (Wildman–Crippen MR) is 75.4 cm³/mol. The Morgan fingerprint density at radius 2 is 2.29 bits per heavy atom. The van der Waals surface area contributed by atoms with Gasteiger partial charge in [-0.1, -0.05) is 19.9 Å². The van der Waals surface area contributed by atoms with Crippen LogP contribution in [-0.2, 0) is 6.54 Å². The molecule has 3 heteroatoms. The summed E-state index contributed by atoms with van der Waals surface area (Å²) in [6.45, 7) is 12.6. The van der Waals surface area contributed by atoms with Crippen LogP contribution in [0, 0.1) is 5.92 Å². The maximum Gasteiger partial charge on any atom is 0.0334 e. The molecule has 0 amide bonds. The van der Waals surface area contributed by atoms with Crippen molar-refractivity contribution in [2.45, 2.75) is 45.8 Å². The van der Waals surface area contributed by atoms with Crippen molar-refractivity contribution in [3.05, 3.63) is 22.4 Å². The predicted octanol–water partition coefficient (Wildman–Crippen LogP) is 2.96. The standard InChI is InChI=1S/C14H24N2S/c1-11(2)13-9-16(14(3,4)10-15-13)8-12-6-5-7-17-12/h5-7,11,13,15H,8-10H2,1-4H3. The molecule has 1 aliphatic heterocycles. The van der Waals surface area contributed by atoms with Gasteiger partial charge < -0.3 is 5.32 Å². The van der Waals surface area contributed by atoms with Gasteiger partial charge in [-0.2, -0.15) is 0 Å². The molecule has 1 fully saturated rings. The molecule has 2 rings (SSSR count). The third-order valence-corrected chi connectivity index (χ3v) is 4.66. The molecule has 0 spiro atoms. The van der Waals surface area contributed by atoms with Crippen LogP contribution in [0.4, 0.5) is 0 Å². The first-order valence-corrected chi connectivity index (χ1v) is 7.38. The molecule has 0 aliphatic carbocycles. The molecule has 0 aromatic carbocycles. The first-order valence-electron chi connectivity index (χ1n) is 6.50. The minimum Gasteiger partial charge on any atom is -0.311 e. The fourth-order valence-electron chi connectivity index (χ4n) is 2.36. The lowest BCUT2D eigenvalue weighted by Gasteiger charge is -2.47. The van der Waals surface area contributed by atoms with Gasteiger partial charge in [0.15, 0.2) is 0 Å². The zero-order valence-electron chi connectivity index (χ0n) is 11.4. The summed E-state index contributed by atoms with van der Waals surface area (Å²) in [5.74, 6) is 0.705. The van der Waals surface area contributed by atoms with E-state index < -0.39 is 0 Å². The topological polar surface area (TPSA) is 15.3 Å². The minimum absolute atomic E-state index is 0.259. The normalized spacial score (nSPS) is 25.4. The van der Waals surface area contributed by atoms with Gasteiger partial charge in [0, 0.05) is 36.1 Å². The number of thiophene rings is 1. The van der Waals surface area contributed by atoms with Gasteiger partial charge in [0.05, 0.1) is 0 Å². The van der Waals surface area contributed by atoms with E-state index in [1.807, 2.05) is 11.3 Å². The van der Waals surface area contributed by atoms with Gasteiger partial charge in [0.2, 0.25) is 0 Å². The van der Waals surface area contributed by atoms with Crippen LogP contribution in [0.2, 0.25) is 0 Å². The Labute approximate surface area is 109 Å². The summed E-state index contributed by atoms with van der Waals surface area (Å²) in [5.41, 5.74) is 0.259. The molecule has 2 nitrogen and oxygen atoms in total. The Bertz CT molecular complexity index is 343. The molecule has 1 N–H and O–H groups in total. The molecule has 1 atom stereocenters. The van der Waals surface area contributed by atoms with Crippen LogP contribution in [-0.4, -0.2) is 29.6 Å². The largest absolute Gasteiger partial charge is 0.311 e. The Morgan fingerprint density at radius 3 is 2.88 bits per heavy atom. The van der Waals surface area contributed by atoms with Crippen LogP contribution in [0.3, 0.4) is 0 Å². The Hall–Kier alpha value is -0.380. The average molecular weight is 252 g/mol. The summed E-state index contributed by atoms with van der Waals surface area (Å²) in [5, 5.41) is 5.85. The third kappa shape index (κ3) is 3.09. The molecule has 2 heterocycles. The fraction of sp³-hybridized carbons (Fsp3) is 0.714. The van der Waals surface area contributed by atoms with Crippen LogP contribution in [0.15, 0.2) is 17.5 Å². The highest BCUT2D eigenvalue weighted by atomic mass is 32.1. The van der Waals surface area contributed by atoms with E-state index in [2.05, 4.69) is 55.4 Å². The van der Waals surface area contributed by atoms with Crippen molar-refractivity contribution in [1.29, 1.82) is 0 Å². The van der Waals surface area contributed by atoms with E-state index in [9.17, 15) is 0 Å². The minimum atomic E-state index is 0.259. The first-order chi connectivity index (χ1) is 7.99. The summed E-state index contributed by atoms with van der Waals surface area (Å²) >= 11 is 1.86. The number of rotatable bonds is 3. The number of hydrogen-bond acceptors (Lipinski definition) is 3. The lowest BCUT2D eigenvalue weighted by atomic mass is 9.93. The molecule has 0 bridgehead atoms. The molecule has 17 heavy (non-hydrogen) atoms. The van der Waals surface area contributed by atoms with Gasteiger partial charge in [-0.15, -0.1) is 11.3 Å². The number of nitrogens with zero attached hydrogens (tertiary/aromatic N) is 1. The highest BCUT2D eigenvalue weighted by Gasteiger charge is 2.34. The number of piperazine rings is 1. The Balaban J connectivity index is 2.05. The van der Waals surface area contributed by atoms with Gasteiger partial charge in [0.25, 0.3) is 0 Å². The van der Waals surface area contributed by atoms with E-state index >= 15 is 0 Å². The number of hydrogen-bond donors (Lipinski definition) is 1. The molecule has 1 unspecified atom stereocenters. The van der Waals surface area contributed by atoms with E-state index in [0.717, 1.165) is 19.6 Å². The van der Waals surface area contributed by atoms with Gasteiger partial charge in [-0.3, -0.25) is 4.90 Å². The van der Waals surface area contributed by atoms with Gasteiger partial charge in [-0.25, -0.2) is 0 Å². The second-order valence-corrected chi connectivity index (χ2v) is 7.04. The average Bonchev–Trinajstić information content (AvgIpc) is 2.73. The van der Waals surface area contributed by atoms with Gasteiger partial charge >= 0.3 is 0 Å². The maximum atomic E-state index is 3.68. The fourth-order valence-corrected chi connectivity index (χ4v) is 3.08. The Morgan fingerprint density at radius 1 is 1.53 bits per heavy atom. The van der Waals surface area contributed by atoms with Gasteiger partial charge in [0.1, 0.15) is 0 Å². The van der Waals surface area contributed by atoms with Crippen LogP contribution >= 0.6 is 11.3 Å². The summed E-state index contributed by atoms with van der Waals surface area (Å²) in [6.07, 6.45) is 0. The lowest BCUT2D eigenvalue weighted by Crippen LogP contribution is -2.62. The quantitative estimate of drug-likeness (QED) is 0.890. The van der Waals surface area contributed by atoms with E-state index in [0.29, 0.717) is 12.0 Å². The van der Waals surface area contributed by atoms with Crippen molar-refractivity contribution >= 4 is 11.3 Å². The molecule has 1 aromatic rings. The second kappa shape index (κ2) is 5.09. The van der Waals surface area contributed by atoms with Crippen molar-refractivity contribution in [2.24, 2.45) is 5.92 Å². The van der Waals surface area contributed by atoms with Crippen molar-refractivity contribution in [3.8, 4) is 0 Å². The van der Waals surface area contributed by atoms with Gasteiger partial charge in [-0.05, 0) is 31.2 Å². The number of nitrogens with one attached hydrogen (secondary N) is 1. The summed E-state index contributed by atoms with van der Waals surface area (Å²) in [7, 11) is 0. The summed E-state index contributed by atoms with van der Waals surface area (Å²) in [4.78, 5) is 4.10. The van der Waals surface area contributed by atoms with Crippen LogP contribution in [0.1, 0.15) is 32.6 Å². The van der Waals surface area contributed by atoms with Crippen molar-refractivity contribution in [2.75, 3.05) is 13.1 Å². The van der Waals surface area contributed by atoms with Crippen LogP contribution in [0.25, 0.3) is 0 Å². The van der Waals surface area contributed by atoms with Crippen molar-refractivity contribution in [1.82, 2.24) is 10.2 Å². The summed E-state index contributed by atoms with van der Waals surface area (Å²) < 4.78 is 0. The van der Waals surface area contributed by atoms with E-state index in [4.69, 9.17) is 0 Å². The zero-order chi connectivity index (χ0) is 12.5. The molecule has 1 aromatic heterocycles. The molecule has 0 saturated carbocycles. The SMILES string of the molecule is CC(C)C1CN(Cc2cccs2)C(C)(C)CN1. The van der Waals surface area contributed by atoms with E-state index in [1.165, 1.54) is 4.88 Å². The second-order valence-electron chi connectivity index (χ2n) is 6.00. The molecule has 1 aliphatic rings. The van der Waals surface area contributed by atoms with E-state index in [1.54, 1.807) is 0 Å². The molecular formula is C14H24N2S. The first kappa shape index (κ1) is 13.1. The molecule has 0 radical (unpaired) electrons. The third-order valence-electron chi connectivity index (χ3n) is 3.80. The lowest BCUT2D eigenvalue weighted by molar-refractivity contribution is 0.0484. The molecular weight excluding hydrogens is 228 g/mol. The molecule has 96 valence electrons. The van der Waals surface area contributed by atoms with E-state index in [-0.39, 0.29) is 5.54 Å². The molecule has 1 saturated heterocycles. The maximum absolute atomic E-state index is 3.68. The summed E-state index contributed by atoms with van der Waals surface area (Å²) in [6, 6.07) is 5.02. The van der Waals surface area contributed by atoms with Crippen LogP contribution < -0.4 is 5.32 Å². The van der Waals surface area contributed by atoms with Crippen molar-refractivity contribution in [3.63, 3.8) is 0 Å². The Kier molecular flexibility index (Phi) is 3.91. The van der Waals surface area contributed by atoms with Crippen molar-refractivity contribution < 1.29 is 0 Å².